The number of carboxylic acids is 1. The summed E-state index contributed by atoms with van der Waals surface area (Å²) in [5.74, 6) is -0.335. The van der Waals surface area contributed by atoms with Crippen LogP contribution in [0.25, 0.3) is 11.0 Å². The van der Waals surface area contributed by atoms with Gasteiger partial charge in [0.05, 0.1) is 11.1 Å². The third kappa shape index (κ3) is 2.32. The van der Waals surface area contributed by atoms with Gasteiger partial charge in [0.2, 0.25) is 0 Å². The summed E-state index contributed by atoms with van der Waals surface area (Å²) in [6.07, 6.45) is 5.70. The molecule has 4 nitrogen and oxygen atoms in total. The highest BCUT2D eigenvalue weighted by molar-refractivity contribution is 6.00. The van der Waals surface area contributed by atoms with Gasteiger partial charge in [-0.3, -0.25) is 0 Å². The minimum Gasteiger partial charge on any atom is -0.478 e. The summed E-state index contributed by atoms with van der Waals surface area (Å²) in [6.45, 7) is 0. The number of hydrogen-bond donors (Lipinski definition) is 2. The number of aromatic nitrogens is 2. The second-order valence-electron chi connectivity index (χ2n) is 5.19. The highest BCUT2D eigenvalue weighted by Crippen LogP contribution is 2.28. The molecule has 1 aliphatic carbocycles. The predicted octanol–water partition coefficient (Wildman–Crippen LogP) is 3.13. The zero-order chi connectivity index (χ0) is 13.4. The molecule has 2 N–H and O–H groups in total. The molecule has 0 unspecified atom stereocenters. The van der Waals surface area contributed by atoms with Crippen LogP contribution in [0, 0.1) is 11.7 Å². The van der Waals surface area contributed by atoms with E-state index < -0.39 is 11.8 Å². The number of nitrogens with one attached hydrogen (secondary N) is 1. The van der Waals surface area contributed by atoms with Crippen molar-refractivity contribution in [1.29, 1.82) is 0 Å². The number of nitrogens with zero attached hydrogens (tertiary/aromatic N) is 1. The van der Waals surface area contributed by atoms with Crippen LogP contribution in [0.3, 0.4) is 0 Å². The van der Waals surface area contributed by atoms with E-state index in [1.165, 1.54) is 31.7 Å². The maximum Gasteiger partial charge on any atom is 0.338 e. The number of fused-ring (bicyclic) bond motifs is 1. The van der Waals surface area contributed by atoms with E-state index in [2.05, 4.69) is 9.97 Å². The van der Waals surface area contributed by atoms with E-state index in [9.17, 15) is 9.18 Å². The molecule has 1 saturated carbocycles. The SMILES string of the molecule is O=C(O)c1cc(F)cc2[nH]c(CC3CCCC3)nc12. The van der Waals surface area contributed by atoms with Crippen LogP contribution in [0.5, 0.6) is 0 Å². The molecule has 0 spiro atoms. The lowest BCUT2D eigenvalue weighted by atomic mass is 10.0. The van der Waals surface area contributed by atoms with Crippen molar-refractivity contribution in [1.82, 2.24) is 9.97 Å². The van der Waals surface area contributed by atoms with Crippen molar-refractivity contribution < 1.29 is 14.3 Å². The fourth-order valence-electron chi connectivity index (χ4n) is 2.88. The van der Waals surface area contributed by atoms with Gasteiger partial charge in [-0.15, -0.1) is 0 Å². The number of hydrogen-bond acceptors (Lipinski definition) is 2. The van der Waals surface area contributed by atoms with Crippen molar-refractivity contribution in [3.05, 3.63) is 29.3 Å². The van der Waals surface area contributed by atoms with Gasteiger partial charge >= 0.3 is 5.97 Å². The van der Waals surface area contributed by atoms with Gasteiger partial charge in [-0.2, -0.15) is 0 Å². The molecule has 0 bridgehead atoms. The number of imidazole rings is 1. The van der Waals surface area contributed by atoms with Crippen molar-refractivity contribution in [3.63, 3.8) is 0 Å². The third-order valence-corrected chi connectivity index (χ3v) is 3.79. The highest BCUT2D eigenvalue weighted by atomic mass is 19.1. The number of aromatic amines is 1. The molecule has 0 aliphatic heterocycles. The molecule has 19 heavy (non-hydrogen) atoms. The van der Waals surface area contributed by atoms with Crippen molar-refractivity contribution in [2.45, 2.75) is 32.1 Å². The van der Waals surface area contributed by atoms with E-state index in [4.69, 9.17) is 5.11 Å². The van der Waals surface area contributed by atoms with Crippen LogP contribution in [-0.2, 0) is 6.42 Å². The Kier molecular flexibility index (Phi) is 2.97. The van der Waals surface area contributed by atoms with Crippen LogP contribution in [0.1, 0.15) is 41.9 Å². The number of rotatable bonds is 3. The number of aromatic carboxylic acids is 1. The molecule has 0 saturated heterocycles. The summed E-state index contributed by atoms with van der Waals surface area (Å²) in [5.41, 5.74) is 0.733. The molecule has 0 atom stereocenters. The molecular weight excluding hydrogens is 247 g/mol. The van der Waals surface area contributed by atoms with E-state index in [0.717, 1.165) is 18.3 Å². The van der Waals surface area contributed by atoms with Crippen molar-refractivity contribution in [3.8, 4) is 0 Å². The summed E-state index contributed by atoms with van der Waals surface area (Å²) in [7, 11) is 0. The fourth-order valence-corrected chi connectivity index (χ4v) is 2.88. The predicted molar refractivity (Wildman–Crippen MR) is 68.7 cm³/mol. The van der Waals surface area contributed by atoms with Gasteiger partial charge in [-0.1, -0.05) is 25.7 Å². The molecule has 0 radical (unpaired) electrons. The summed E-state index contributed by atoms with van der Waals surface area (Å²) in [4.78, 5) is 18.5. The normalized spacial score (nSPS) is 16.3. The molecule has 2 aromatic rings. The smallest absolute Gasteiger partial charge is 0.338 e. The van der Waals surface area contributed by atoms with E-state index in [0.29, 0.717) is 17.0 Å². The van der Waals surface area contributed by atoms with E-state index in [1.54, 1.807) is 0 Å². The maximum absolute atomic E-state index is 13.4. The topological polar surface area (TPSA) is 66.0 Å². The van der Waals surface area contributed by atoms with E-state index >= 15 is 0 Å². The number of carboxylic acid groups (broad SMARTS) is 1. The van der Waals surface area contributed by atoms with E-state index in [1.807, 2.05) is 0 Å². The second-order valence-corrected chi connectivity index (χ2v) is 5.19. The lowest BCUT2D eigenvalue weighted by Gasteiger charge is -2.04. The summed E-state index contributed by atoms with van der Waals surface area (Å²) < 4.78 is 13.4. The highest BCUT2D eigenvalue weighted by Gasteiger charge is 2.19. The molecule has 5 heteroatoms. The fraction of sp³-hybridized carbons (Fsp3) is 0.429. The molecule has 3 rings (SSSR count). The lowest BCUT2D eigenvalue weighted by Crippen LogP contribution is -2.00. The van der Waals surface area contributed by atoms with Gasteiger partial charge in [0, 0.05) is 6.42 Å². The van der Waals surface area contributed by atoms with Crippen molar-refractivity contribution >= 4 is 17.0 Å². The zero-order valence-electron chi connectivity index (χ0n) is 10.4. The Labute approximate surface area is 109 Å². The molecule has 1 fully saturated rings. The first-order valence-electron chi connectivity index (χ1n) is 6.55. The van der Waals surface area contributed by atoms with Gasteiger partial charge in [-0.05, 0) is 18.1 Å². The summed E-state index contributed by atoms with van der Waals surface area (Å²) in [6, 6.07) is 2.32. The average molecular weight is 262 g/mol. The van der Waals surface area contributed by atoms with Crippen LogP contribution < -0.4 is 0 Å². The standard InChI is InChI=1S/C14H15FN2O2/c15-9-6-10(14(18)19)13-11(7-9)16-12(17-13)5-8-3-1-2-4-8/h6-8H,1-5H2,(H,16,17)(H,18,19). The Hall–Kier alpha value is -1.91. The minimum atomic E-state index is -1.15. The molecule has 1 aromatic carbocycles. The minimum absolute atomic E-state index is 0.0797. The van der Waals surface area contributed by atoms with Crippen LogP contribution in [0.2, 0.25) is 0 Å². The summed E-state index contributed by atoms with van der Waals surface area (Å²) >= 11 is 0. The second kappa shape index (κ2) is 4.64. The molecular formula is C14H15FN2O2. The molecule has 1 aromatic heterocycles. The van der Waals surface area contributed by atoms with Crippen LogP contribution >= 0.6 is 0 Å². The first-order valence-corrected chi connectivity index (χ1v) is 6.55. The molecule has 0 amide bonds. The van der Waals surface area contributed by atoms with Gasteiger partial charge in [0.1, 0.15) is 17.2 Å². The maximum atomic E-state index is 13.4. The number of carbonyl (C=O) groups is 1. The Balaban J connectivity index is 1.99. The Morgan fingerprint density at radius 3 is 2.84 bits per heavy atom. The van der Waals surface area contributed by atoms with Crippen molar-refractivity contribution in [2.75, 3.05) is 0 Å². The van der Waals surface area contributed by atoms with Gasteiger partial charge in [0.25, 0.3) is 0 Å². The van der Waals surface area contributed by atoms with Gasteiger partial charge < -0.3 is 10.1 Å². The van der Waals surface area contributed by atoms with Gasteiger partial charge in [-0.25, -0.2) is 14.2 Å². The average Bonchev–Trinajstić information content (AvgIpc) is 2.97. The van der Waals surface area contributed by atoms with Gasteiger partial charge in [0.15, 0.2) is 0 Å². The lowest BCUT2D eigenvalue weighted by molar-refractivity contribution is 0.0698. The zero-order valence-corrected chi connectivity index (χ0v) is 10.4. The number of halogens is 1. The quantitative estimate of drug-likeness (QED) is 0.893. The Morgan fingerprint density at radius 2 is 2.16 bits per heavy atom. The van der Waals surface area contributed by atoms with Crippen LogP contribution in [0.4, 0.5) is 4.39 Å². The molecule has 1 heterocycles. The van der Waals surface area contributed by atoms with Crippen molar-refractivity contribution in [2.24, 2.45) is 5.92 Å². The largest absolute Gasteiger partial charge is 0.478 e. The Bertz CT molecular complexity index is 630. The number of benzene rings is 1. The Morgan fingerprint density at radius 1 is 1.42 bits per heavy atom. The van der Waals surface area contributed by atoms with Crippen LogP contribution in [-0.4, -0.2) is 21.0 Å². The number of H-pyrrole nitrogens is 1. The monoisotopic (exact) mass is 262 g/mol. The van der Waals surface area contributed by atoms with Crippen LogP contribution in [0.15, 0.2) is 12.1 Å². The first-order chi connectivity index (χ1) is 9.13. The molecule has 1 aliphatic rings. The third-order valence-electron chi connectivity index (χ3n) is 3.79. The summed E-state index contributed by atoms with van der Waals surface area (Å²) in [5, 5.41) is 9.08. The molecule has 100 valence electrons. The van der Waals surface area contributed by atoms with E-state index in [-0.39, 0.29) is 5.56 Å². The first kappa shape index (κ1) is 12.1.